The molecule has 18 heavy (non-hydrogen) atoms. The van der Waals surface area contributed by atoms with E-state index in [9.17, 15) is 0 Å². The molecule has 1 fully saturated rings. The lowest BCUT2D eigenvalue weighted by Crippen LogP contribution is -2.44. The van der Waals surface area contributed by atoms with Crippen molar-refractivity contribution in [3.05, 3.63) is 42.2 Å². The lowest BCUT2D eigenvalue weighted by Gasteiger charge is -2.26. The molecule has 2 aromatic rings. The van der Waals surface area contributed by atoms with Gasteiger partial charge in [-0.25, -0.2) is 0 Å². The van der Waals surface area contributed by atoms with Crippen molar-refractivity contribution < 1.29 is 4.74 Å². The van der Waals surface area contributed by atoms with E-state index in [0.29, 0.717) is 5.92 Å². The van der Waals surface area contributed by atoms with Crippen LogP contribution in [0.1, 0.15) is 5.56 Å². The van der Waals surface area contributed by atoms with E-state index in [1.165, 1.54) is 5.56 Å². The van der Waals surface area contributed by atoms with Gasteiger partial charge in [0.05, 0.1) is 12.4 Å². The van der Waals surface area contributed by atoms with Crippen LogP contribution in [0, 0.1) is 12.8 Å². The highest BCUT2D eigenvalue weighted by Gasteiger charge is 2.17. The van der Waals surface area contributed by atoms with Gasteiger partial charge < -0.3 is 10.1 Å². The molecule has 1 saturated heterocycles. The van der Waals surface area contributed by atoms with Crippen LogP contribution in [0.5, 0.6) is 11.5 Å². The number of nitrogens with one attached hydrogen (secondary N) is 1. The molecule has 1 aliphatic heterocycles. The first kappa shape index (κ1) is 11.3. The van der Waals surface area contributed by atoms with E-state index < -0.39 is 0 Å². The Hall–Kier alpha value is -1.81. The topological polar surface area (TPSA) is 39.1 Å². The summed E-state index contributed by atoms with van der Waals surface area (Å²) in [5, 5.41) is 7.58. The highest BCUT2D eigenvalue weighted by atomic mass is 16.5. The largest absolute Gasteiger partial charge is 0.454 e. The molecule has 1 N–H and O–H groups in total. The van der Waals surface area contributed by atoms with Gasteiger partial charge in [-0.05, 0) is 24.6 Å². The predicted octanol–water partition coefficient (Wildman–Crippen LogP) is 2.20. The number of aryl methyl sites for hydroxylation is 1. The maximum absolute atomic E-state index is 5.77. The summed E-state index contributed by atoms with van der Waals surface area (Å²) in [4.78, 5) is 0. The van der Waals surface area contributed by atoms with Gasteiger partial charge in [0, 0.05) is 25.6 Å². The smallest absolute Gasteiger partial charge is 0.165 e. The SMILES string of the molecule is Cc1cccc(Oc2cnn(CC3CNC3)c2)c1. The Morgan fingerprint density at radius 3 is 3.00 bits per heavy atom. The number of rotatable bonds is 4. The van der Waals surface area contributed by atoms with E-state index in [4.69, 9.17) is 4.74 Å². The fraction of sp³-hybridized carbons (Fsp3) is 0.357. The quantitative estimate of drug-likeness (QED) is 0.894. The Bertz CT molecular complexity index is 531. The van der Waals surface area contributed by atoms with Crippen molar-refractivity contribution in [2.45, 2.75) is 13.5 Å². The first-order valence-electron chi connectivity index (χ1n) is 6.27. The Labute approximate surface area is 107 Å². The third kappa shape index (κ3) is 2.54. The molecule has 0 amide bonds. The number of ether oxygens (including phenoxy) is 1. The van der Waals surface area contributed by atoms with Gasteiger partial charge in [0.15, 0.2) is 5.75 Å². The van der Waals surface area contributed by atoms with Gasteiger partial charge in [-0.1, -0.05) is 12.1 Å². The average molecular weight is 243 g/mol. The van der Waals surface area contributed by atoms with Crippen molar-refractivity contribution >= 4 is 0 Å². The third-order valence-electron chi connectivity index (χ3n) is 3.15. The second kappa shape index (κ2) is 4.82. The van der Waals surface area contributed by atoms with Gasteiger partial charge in [-0.15, -0.1) is 0 Å². The zero-order chi connectivity index (χ0) is 12.4. The van der Waals surface area contributed by atoms with Gasteiger partial charge in [0.1, 0.15) is 5.75 Å². The molecule has 0 unspecified atom stereocenters. The van der Waals surface area contributed by atoms with Crippen LogP contribution in [0.15, 0.2) is 36.7 Å². The van der Waals surface area contributed by atoms with Gasteiger partial charge >= 0.3 is 0 Å². The normalized spacial score (nSPS) is 15.4. The molecule has 1 aromatic heterocycles. The molecule has 4 heteroatoms. The van der Waals surface area contributed by atoms with Crippen molar-refractivity contribution in [2.75, 3.05) is 13.1 Å². The van der Waals surface area contributed by atoms with E-state index >= 15 is 0 Å². The van der Waals surface area contributed by atoms with Crippen LogP contribution in [0.4, 0.5) is 0 Å². The van der Waals surface area contributed by atoms with E-state index in [1.54, 1.807) is 6.20 Å². The van der Waals surface area contributed by atoms with E-state index in [1.807, 2.05) is 29.1 Å². The molecule has 2 heterocycles. The van der Waals surface area contributed by atoms with Gasteiger partial charge in [0.2, 0.25) is 0 Å². The second-order valence-electron chi connectivity index (χ2n) is 4.84. The Kier molecular flexibility index (Phi) is 3.02. The van der Waals surface area contributed by atoms with Gasteiger partial charge in [-0.3, -0.25) is 4.68 Å². The lowest BCUT2D eigenvalue weighted by atomic mass is 10.0. The Morgan fingerprint density at radius 1 is 1.39 bits per heavy atom. The van der Waals surface area contributed by atoms with Crippen LogP contribution >= 0.6 is 0 Å². The molecular formula is C14H17N3O. The summed E-state index contributed by atoms with van der Waals surface area (Å²) in [6.45, 7) is 5.20. The van der Waals surface area contributed by atoms with E-state index in [2.05, 4.69) is 23.4 Å². The molecule has 3 rings (SSSR count). The summed E-state index contributed by atoms with van der Waals surface area (Å²) in [7, 11) is 0. The standard InChI is InChI=1S/C14H17N3O/c1-11-3-2-4-13(5-11)18-14-8-16-17(10-14)9-12-6-15-7-12/h2-5,8,10,12,15H,6-7,9H2,1H3. The fourth-order valence-electron chi connectivity index (χ4n) is 2.05. The number of aromatic nitrogens is 2. The second-order valence-corrected chi connectivity index (χ2v) is 4.84. The van der Waals surface area contributed by atoms with Crippen molar-refractivity contribution in [2.24, 2.45) is 5.92 Å². The molecule has 0 atom stereocenters. The van der Waals surface area contributed by atoms with Crippen LogP contribution in [0.3, 0.4) is 0 Å². The first-order valence-corrected chi connectivity index (χ1v) is 6.27. The van der Waals surface area contributed by atoms with E-state index in [0.717, 1.165) is 31.1 Å². The molecule has 0 saturated carbocycles. The molecular weight excluding hydrogens is 226 g/mol. The molecule has 94 valence electrons. The highest BCUT2D eigenvalue weighted by Crippen LogP contribution is 2.21. The van der Waals surface area contributed by atoms with E-state index in [-0.39, 0.29) is 0 Å². The van der Waals surface area contributed by atoms with Crippen LogP contribution in [0.25, 0.3) is 0 Å². The average Bonchev–Trinajstić information content (AvgIpc) is 2.71. The third-order valence-corrected chi connectivity index (χ3v) is 3.15. The zero-order valence-electron chi connectivity index (χ0n) is 10.5. The van der Waals surface area contributed by atoms with Crippen molar-refractivity contribution in [3.63, 3.8) is 0 Å². The minimum atomic E-state index is 0.705. The van der Waals surface area contributed by atoms with Crippen LogP contribution in [0.2, 0.25) is 0 Å². The molecule has 4 nitrogen and oxygen atoms in total. The molecule has 0 aliphatic carbocycles. The van der Waals surface area contributed by atoms with Crippen molar-refractivity contribution in [1.29, 1.82) is 0 Å². The maximum Gasteiger partial charge on any atom is 0.165 e. The molecule has 1 aromatic carbocycles. The molecule has 1 aliphatic rings. The highest BCUT2D eigenvalue weighted by molar-refractivity contribution is 5.31. The summed E-state index contributed by atoms with van der Waals surface area (Å²) in [6, 6.07) is 8.03. The molecule has 0 bridgehead atoms. The summed E-state index contributed by atoms with van der Waals surface area (Å²) in [5.74, 6) is 2.37. The summed E-state index contributed by atoms with van der Waals surface area (Å²) < 4.78 is 7.73. The van der Waals surface area contributed by atoms with Crippen molar-refractivity contribution in [1.82, 2.24) is 15.1 Å². The number of hydrogen-bond acceptors (Lipinski definition) is 3. The lowest BCUT2D eigenvalue weighted by molar-refractivity contribution is 0.295. The van der Waals surface area contributed by atoms with Crippen LogP contribution < -0.4 is 10.1 Å². The predicted molar refractivity (Wildman–Crippen MR) is 69.8 cm³/mol. The summed E-state index contributed by atoms with van der Waals surface area (Å²) >= 11 is 0. The molecule has 0 spiro atoms. The minimum absolute atomic E-state index is 0.705. The Balaban J connectivity index is 1.65. The monoisotopic (exact) mass is 243 g/mol. The summed E-state index contributed by atoms with van der Waals surface area (Å²) in [5.41, 5.74) is 1.19. The first-order chi connectivity index (χ1) is 8.79. The number of benzene rings is 1. The molecule has 0 radical (unpaired) electrons. The van der Waals surface area contributed by atoms with Crippen LogP contribution in [-0.4, -0.2) is 22.9 Å². The van der Waals surface area contributed by atoms with Gasteiger partial charge in [-0.2, -0.15) is 5.10 Å². The minimum Gasteiger partial charge on any atom is -0.454 e. The van der Waals surface area contributed by atoms with Crippen molar-refractivity contribution in [3.8, 4) is 11.5 Å². The number of hydrogen-bond donors (Lipinski definition) is 1. The maximum atomic E-state index is 5.77. The Morgan fingerprint density at radius 2 is 2.28 bits per heavy atom. The van der Waals surface area contributed by atoms with Gasteiger partial charge in [0.25, 0.3) is 0 Å². The number of nitrogens with zero attached hydrogens (tertiary/aromatic N) is 2. The zero-order valence-corrected chi connectivity index (χ0v) is 10.5. The summed E-state index contributed by atoms with van der Waals surface area (Å²) in [6.07, 6.45) is 3.73. The fourth-order valence-corrected chi connectivity index (χ4v) is 2.05. The van der Waals surface area contributed by atoms with Crippen LogP contribution in [-0.2, 0) is 6.54 Å².